The van der Waals surface area contributed by atoms with E-state index in [-0.39, 0.29) is 23.8 Å². The first kappa shape index (κ1) is 19.6. The van der Waals surface area contributed by atoms with E-state index in [0.29, 0.717) is 17.5 Å². The molecule has 2 amide bonds. The third kappa shape index (κ3) is 4.51. The molecule has 4 rings (SSSR count). The number of nitrogens with two attached hydrogens (primary N) is 1. The van der Waals surface area contributed by atoms with Gasteiger partial charge in [-0.3, -0.25) is 9.59 Å². The van der Waals surface area contributed by atoms with Crippen LogP contribution in [0.4, 0.5) is 5.69 Å². The van der Waals surface area contributed by atoms with Crippen molar-refractivity contribution in [3.05, 3.63) is 66.2 Å². The number of carbonyl (C=O) groups excluding carboxylic acids is 2. The first-order valence-corrected chi connectivity index (χ1v) is 10.6. The zero-order valence-corrected chi connectivity index (χ0v) is 16.6. The summed E-state index contributed by atoms with van der Waals surface area (Å²) in [6.07, 6.45) is 5.08. The maximum Gasteiger partial charge on any atom is 0.251 e. The number of carbonyl (C=O) groups is 2. The van der Waals surface area contributed by atoms with Gasteiger partial charge in [0.15, 0.2) is 0 Å². The third-order valence-electron chi connectivity index (χ3n) is 6.51. The van der Waals surface area contributed by atoms with E-state index in [1.54, 1.807) is 0 Å². The van der Waals surface area contributed by atoms with Crippen molar-refractivity contribution in [3.8, 4) is 0 Å². The Kier molecular flexibility index (Phi) is 5.95. The van der Waals surface area contributed by atoms with Crippen LogP contribution in [0.5, 0.6) is 0 Å². The molecule has 2 fully saturated rings. The third-order valence-corrected chi connectivity index (χ3v) is 6.51. The number of hydrogen-bond donors (Lipinski definition) is 3. The molecule has 4 N–H and O–H groups in total. The molecule has 2 aliphatic rings. The van der Waals surface area contributed by atoms with Crippen LogP contribution in [-0.2, 0) is 9.59 Å². The number of benzene rings is 2. The fourth-order valence-corrected chi connectivity index (χ4v) is 4.94. The van der Waals surface area contributed by atoms with Gasteiger partial charge >= 0.3 is 0 Å². The molecule has 0 heterocycles. The largest absolute Gasteiger partial charge is 0.340 e. The van der Waals surface area contributed by atoms with Gasteiger partial charge in [-0.2, -0.15) is 0 Å². The second kappa shape index (κ2) is 8.78. The predicted molar refractivity (Wildman–Crippen MR) is 114 cm³/mol. The Morgan fingerprint density at radius 2 is 1.48 bits per heavy atom. The Morgan fingerprint density at radius 3 is 2.10 bits per heavy atom. The van der Waals surface area contributed by atoms with Crippen molar-refractivity contribution < 1.29 is 9.59 Å². The normalized spacial score (nSPS) is 26.9. The number of anilines is 1. The number of hydrogen-bond acceptors (Lipinski definition) is 3. The second-order valence-corrected chi connectivity index (χ2v) is 8.40. The molecule has 2 aliphatic carbocycles. The van der Waals surface area contributed by atoms with Gasteiger partial charge in [0.05, 0.1) is 0 Å². The van der Waals surface area contributed by atoms with Crippen LogP contribution in [-0.4, -0.2) is 17.9 Å². The van der Waals surface area contributed by atoms with Gasteiger partial charge in [-0.05, 0) is 55.2 Å². The molecule has 152 valence electrons. The molecule has 29 heavy (non-hydrogen) atoms. The van der Waals surface area contributed by atoms with Gasteiger partial charge in [0.25, 0.3) is 5.91 Å². The summed E-state index contributed by atoms with van der Waals surface area (Å²) in [5.74, 6) is 0.508. The van der Waals surface area contributed by atoms with Crippen LogP contribution in [0.25, 0.3) is 0 Å². The second-order valence-electron chi connectivity index (χ2n) is 8.40. The maximum absolute atomic E-state index is 13.1. The molecule has 2 bridgehead atoms. The first-order valence-electron chi connectivity index (χ1n) is 10.6. The van der Waals surface area contributed by atoms with Crippen LogP contribution >= 0.6 is 0 Å². The van der Waals surface area contributed by atoms with Crippen molar-refractivity contribution in [1.82, 2.24) is 5.32 Å². The molecule has 3 unspecified atom stereocenters. The lowest BCUT2D eigenvalue weighted by Crippen LogP contribution is -2.50. The van der Waals surface area contributed by atoms with Gasteiger partial charge in [-0.15, -0.1) is 0 Å². The monoisotopic (exact) mass is 391 g/mol. The lowest BCUT2D eigenvalue weighted by molar-refractivity contribution is -0.131. The quantitative estimate of drug-likeness (QED) is 0.728. The van der Waals surface area contributed by atoms with E-state index in [9.17, 15) is 9.59 Å². The van der Waals surface area contributed by atoms with Crippen molar-refractivity contribution in [2.45, 2.75) is 44.2 Å². The molecular formula is C24H29N3O2. The summed E-state index contributed by atoms with van der Waals surface area (Å²) in [6.45, 7) is 0. The maximum atomic E-state index is 13.1. The van der Waals surface area contributed by atoms with E-state index in [2.05, 4.69) is 10.6 Å². The topological polar surface area (TPSA) is 84.2 Å². The van der Waals surface area contributed by atoms with Gasteiger partial charge in [0, 0.05) is 17.6 Å². The van der Waals surface area contributed by atoms with E-state index in [0.717, 1.165) is 31.2 Å². The standard InChI is InChI=1S/C24H29N3O2/c25-21-17-10-7-11-18(21)15-19(14-17)23(28)27-22(16-8-3-1-4-9-16)24(29)26-20-12-5-2-6-13-20/h1-6,8-9,12-13,17-19,21-22H,7,10-11,14-15,25H2,(H,26,29)(H,27,28). The Labute approximate surface area is 172 Å². The Morgan fingerprint density at radius 1 is 0.897 bits per heavy atom. The van der Waals surface area contributed by atoms with Crippen molar-refractivity contribution in [2.75, 3.05) is 5.32 Å². The highest BCUT2D eigenvalue weighted by Gasteiger charge is 2.41. The summed E-state index contributed by atoms with van der Waals surface area (Å²) in [5, 5.41) is 5.96. The molecule has 2 aromatic rings. The summed E-state index contributed by atoms with van der Waals surface area (Å²) >= 11 is 0. The van der Waals surface area contributed by atoms with E-state index in [4.69, 9.17) is 5.73 Å². The summed E-state index contributed by atoms with van der Waals surface area (Å²) in [4.78, 5) is 26.2. The number of para-hydroxylation sites is 1. The van der Waals surface area contributed by atoms with Crippen LogP contribution in [0.15, 0.2) is 60.7 Å². The molecule has 2 aromatic carbocycles. The molecule has 2 saturated carbocycles. The molecule has 0 spiro atoms. The summed E-state index contributed by atoms with van der Waals surface area (Å²) < 4.78 is 0. The van der Waals surface area contributed by atoms with Gasteiger partial charge in [-0.25, -0.2) is 0 Å². The van der Waals surface area contributed by atoms with Crippen LogP contribution in [0.3, 0.4) is 0 Å². The average molecular weight is 392 g/mol. The predicted octanol–water partition coefficient (Wildman–Crippen LogP) is 3.64. The highest BCUT2D eigenvalue weighted by molar-refractivity contribution is 5.98. The average Bonchev–Trinajstić information content (AvgIpc) is 2.73. The Bertz CT molecular complexity index is 826. The molecule has 3 atom stereocenters. The fourth-order valence-electron chi connectivity index (χ4n) is 4.94. The number of amides is 2. The minimum absolute atomic E-state index is 0.0362. The smallest absolute Gasteiger partial charge is 0.251 e. The van der Waals surface area contributed by atoms with Gasteiger partial charge in [0.1, 0.15) is 6.04 Å². The van der Waals surface area contributed by atoms with Crippen molar-refractivity contribution in [2.24, 2.45) is 23.5 Å². The molecule has 5 heteroatoms. The minimum atomic E-state index is -0.723. The SMILES string of the molecule is NC1C2CCCC1CC(C(=O)NC(C(=O)Nc1ccccc1)c1ccccc1)C2. The Hall–Kier alpha value is -2.66. The zero-order valence-electron chi connectivity index (χ0n) is 16.6. The van der Waals surface area contributed by atoms with E-state index >= 15 is 0 Å². The number of fused-ring (bicyclic) bond motifs is 2. The molecule has 0 aliphatic heterocycles. The molecular weight excluding hydrogens is 362 g/mol. The Balaban J connectivity index is 1.49. The van der Waals surface area contributed by atoms with Crippen LogP contribution < -0.4 is 16.4 Å². The fraction of sp³-hybridized carbons (Fsp3) is 0.417. The zero-order chi connectivity index (χ0) is 20.2. The van der Waals surface area contributed by atoms with Crippen LogP contribution in [0, 0.1) is 17.8 Å². The summed E-state index contributed by atoms with van der Waals surface area (Å²) in [6, 6.07) is 18.2. The summed E-state index contributed by atoms with van der Waals surface area (Å²) in [7, 11) is 0. The molecule has 0 saturated heterocycles. The van der Waals surface area contributed by atoms with E-state index in [1.807, 2.05) is 60.7 Å². The van der Waals surface area contributed by atoms with Crippen molar-refractivity contribution in [3.63, 3.8) is 0 Å². The molecule has 0 aromatic heterocycles. The molecule has 5 nitrogen and oxygen atoms in total. The van der Waals surface area contributed by atoms with Crippen LogP contribution in [0.1, 0.15) is 43.7 Å². The highest BCUT2D eigenvalue weighted by Crippen LogP contribution is 2.42. The lowest BCUT2D eigenvalue weighted by atomic mass is 9.65. The van der Waals surface area contributed by atoms with Crippen molar-refractivity contribution >= 4 is 17.5 Å². The van der Waals surface area contributed by atoms with E-state index in [1.165, 1.54) is 6.42 Å². The highest BCUT2D eigenvalue weighted by atomic mass is 16.2. The summed E-state index contributed by atoms with van der Waals surface area (Å²) in [5.41, 5.74) is 7.87. The van der Waals surface area contributed by atoms with Gasteiger partial charge in [0.2, 0.25) is 5.91 Å². The number of rotatable bonds is 5. The number of nitrogens with one attached hydrogen (secondary N) is 2. The van der Waals surface area contributed by atoms with Crippen molar-refractivity contribution in [1.29, 1.82) is 0 Å². The van der Waals surface area contributed by atoms with Gasteiger partial charge in [-0.1, -0.05) is 55.0 Å². The first-order chi connectivity index (χ1) is 14.1. The minimum Gasteiger partial charge on any atom is -0.340 e. The van der Waals surface area contributed by atoms with E-state index < -0.39 is 6.04 Å². The van der Waals surface area contributed by atoms with Crippen LogP contribution in [0.2, 0.25) is 0 Å². The lowest BCUT2D eigenvalue weighted by Gasteiger charge is -2.43. The van der Waals surface area contributed by atoms with Gasteiger partial charge < -0.3 is 16.4 Å². The molecule has 0 radical (unpaired) electrons.